The van der Waals surface area contributed by atoms with Crippen molar-refractivity contribution in [2.45, 2.75) is 35.6 Å². The largest absolute Gasteiger partial charge is 0.416 e. The van der Waals surface area contributed by atoms with Crippen LogP contribution < -0.4 is 5.32 Å². The van der Waals surface area contributed by atoms with E-state index in [1.165, 1.54) is 12.1 Å². The molecule has 1 amide bonds. The number of sulfone groups is 1. The molecular weight excluding hydrogens is 450 g/mol. The molecule has 4 nitrogen and oxygen atoms in total. The van der Waals surface area contributed by atoms with Crippen molar-refractivity contribution in [2.24, 2.45) is 0 Å². The first kappa shape index (κ1) is 23.5. The summed E-state index contributed by atoms with van der Waals surface area (Å²) in [7, 11) is -2.02. The number of hydrogen-bond donors (Lipinski definition) is 1. The number of rotatable bonds is 3. The highest BCUT2D eigenvalue weighted by Crippen LogP contribution is 2.34. The van der Waals surface area contributed by atoms with Crippen molar-refractivity contribution in [3.8, 4) is 0 Å². The molecule has 1 saturated carbocycles. The molecule has 1 N–H and O–H groups in total. The van der Waals surface area contributed by atoms with Crippen LogP contribution in [-0.2, 0) is 16.0 Å². The molecule has 10 heteroatoms. The highest BCUT2D eigenvalue weighted by Gasteiger charge is 2.35. The summed E-state index contributed by atoms with van der Waals surface area (Å²) in [6.45, 7) is 0. The van der Waals surface area contributed by atoms with E-state index in [9.17, 15) is 26.4 Å². The van der Waals surface area contributed by atoms with Crippen LogP contribution >= 0.6 is 23.2 Å². The Bertz CT molecular complexity index is 990. The van der Waals surface area contributed by atoms with E-state index in [2.05, 4.69) is 5.32 Å². The van der Waals surface area contributed by atoms with E-state index in [0.29, 0.717) is 34.5 Å². The molecule has 1 aliphatic carbocycles. The third kappa shape index (κ3) is 5.87. The van der Waals surface area contributed by atoms with E-state index in [-0.39, 0.29) is 10.8 Å². The van der Waals surface area contributed by atoms with Crippen LogP contribution in [-0.4, -0.2) is 26.6 Å². The molecule has 0 unspecified atom stereocenters. The summed E-state index contributed by atoms with van der Waals surface area (Å²) in [5.41, 5.74) is -0.412. The van der Waals surface area contributed by atoms with Gasteiger partial charge < -0.3 is 5.32 Å². The van der Waals surface area contributed by atoms with Gasteiger partial charge in [0.25, 0.3) is 5.91 Å². The zero-order valence-electron chi connectivity index (χ0n) is 15.3. The molecule has 2 aromatic carbocycles. The van der Waals surface area contributed by atoms with Gasteiger partial charge in [0.05, 0.1) is 25.8 Å². The molecule has 2 aromatic rings. The lowest BCUT2D eigenvalue weighted by Crippen LogP contribution is -2.28. The van der Waals surface area contributed by atoms with Gasteiger partial charge in [0.2, 0.25) is 0 Å². The third-order valence-electron chi connectivity index (χ3n) is 4.39. The molecule has 0 bridgehead atoms. The predicted octanol–water partition coefficient (Wildman–Crippen LogP) is 5.38. The molecule has 0 heterocycles. The molecule has 0 spiro atoms. The maximum absolute atomic E-state index is 12.5. The Kier molecular flexibility index (Phi) is 7.59. The number of amides is 1. The predicted molar refractivity (Wildman–Crippen MR) is 106 cm³/mol. The van der Waals surface area contributed by atoms with Gasteiger partial charge >= 0.3 is 6.18 Å². The molecular formula is C19H18Cl2F3NO3S. The van der Waals surface area contributed by atoms with Gasteiger partial charge in [0, 0.05) is 12.6 Å². The normalized spacial score (nSPS) is 14.4. The smallest absolute Gasteiger partial charge is 0.355 e. The highest BCUT2D eigenvalue weighted by atomic mass is 35.5. The second-order valence-corrected chi connectivity index (χ2v) is 9.37. The third-order valence-corrected chi connectivity index (χ3v) is 7.39. The van der Waals surface area contributed by atoms with Crippen LogP contribution in [0.25, 0.3) is 0 Å². The Labute approximate surface area is 176 Å². The molecule has 0 saturated heterocycles. The number of alkyl halides is 3. The minimum absolute atomic E-state index is 0.173. The lowest BCUT2D eigenvalue weighted by molar-refractivity contribution is -0.137. The number of hydrogen-bond acceptors (Lipinski definition) is 3. The van der Waals surface area contributed by atoms with Crippen LogP contribution in [0.1, 0.15) is 35.2 Å². The fraction of sp³-hybridized carbons (Fsp3) is 0.316. The van der Waals surface area contributed by atoms with Crippen LogP contribution in [0.4, 0.5) is 13.2 Å². The van der Waals surface area contributed by atoms with Gasteiger partial charge in [-0.05, 0) is 49.2 Å². The first-order chi connectivity index (χ1) is 13.5. The molecule has 0 radical (unpaired) electrons. The molecule has 0 aliphatic heterocycles. The zero-order valence-corrected chi connectivity index (χ0v) is 17.6. The number of carbonyl (C=O) groups is 1. The van der Waals surface area contributed by atoms with Crippen molar-refractivity contribution in [3.63, 3.8) is 0 Å². The summed E-state index contributed by atoms with van der Waals surface area (Å²) in [5, 5.41) is 2.81. The Morgan fingerprint density at radius 3 is 2.21 bits per heavy atom. The van der Waals surface area contributed by atoms with Gasteiger partial charge in [-0.1, -0.05) is 35.7 Å². The molecule has 0 atom stereocenters. The van der Waals surface area contributed by atoms with Crippen molar-refractivity contribution in [1.82, 2.24) is 5.32 Å². The van der Waals surface area contributed by atoms with E-state index >= 15 is 0 Å². The zero-order chi connectivity index (χ0) is 21.8. The summed E-state index contributed by atoms with van der Waals surface area (Å²) in [5.74, 6) is -0.173. The van der Waals surface area contributed by atoms with Gasteiger partial charge in [-0.3, -0.25) is 4.79 Å². The fourth-order valence-corrected chi connectivity index (χ4v) is 4.70. The van der Waals surface area contributed by atoms with Crippen LogP contribution in [0, 0.1) is 0 Å². The van der Waals surface area contributed by atoms with Gasteiger partial charge in [0.15, 0.2) is 9.84 Å². The van der Waals surface area contributed by atoms with Crippen molar-refractivity contribution < 1.29 is 26.4 Å². The van der Waals surface area contributed by atoms with Crippen molar-refractivity contribution in [3.05, 3.63) is 63.6 Å². The van der Waals surface area contributed by atoms with E-state index in [1.54, 1.807) is 19.2 Å². The standard InChI is InChI=1S/C11H11F3O2S.C8H7Cl2NO/c12-11(13,14)8-3-1-6-10(7-8)17(15,16)9-4-2-5-9;1-11-8(12)5-2-3-6(9)7(10)4-5/h1,3,6-7,9H,2,4-5H2;2-4H,1H3,(H,11,12). The Balaban J connectivity index is 0.000000221. The maximum atomic E-state index is 12.5. The van der Waals surface area contributed by atoms with Crippen LogP contribution in [0.2, 0.25) is 10.0 Å². The summed E-state index contributed by atoms with van der Waals surface area (Å²) >= 11 is 11.4. The first-order valence-electron chi connectivity index (χ1n) is 8.55. The maximum Gasteiger partial charge on any atom is 0.416 e. The molecule has 158 valence electrons. The van der Waals surface area contributed by atoms with Crippen molar-refractivity contribution in [2.75, 3.05) is 7.05 Å². The average molecular weight is 468 g/mol. The highest BCUT2D eigenvalue weighted by molar-refractivity contribution is 7.92. The summed E-state index contributed by atoms with van der Waals surface area (Å²) in [6, 6.07) is 8.69. The SMILES string of the molecule is CNC(=O)c1ccc(Cl)c(Cl)c1.O=S(=O)(c1cccc(C(F)(F)F)c1)C1CCC1. The van der Waals surface area contributed by atoms with E-state index < -0.39 is 26.8 Å². The minimum Gasteiger partial charge on any atom is -0.355 e. The topological polar surface area (TPSA) is 63.2 Å². The molecule has 1 aliphatic rings. The number of halogens is 5. The summed E-state index contributed by atoms with van der Waals surface area (Å²) in [4.78, 5) is 10.8. The second kappa shape index (κ2) is 9.36. The van der Waals surface area contributed by atoms with Crippen molar-refractivity contribution in [1.29, 1.82) is 0 Å². The minimum atomic E-state index is -4.51. The monoisotopic (exact) mass is 467 g/mol. The molecule has 0 aromatic heterocycles. The Morgan fingerprint density at radius 1 is 1.07 bits per heavy atom. The van der Waals surface area contributed by atoms with Gasteiger partial charge in [0.1, 0.15) is 0 Å². The Hall–Kier alpha value is -1.77. The van der Waals surface area contributed by atoms with E-state index in [0.717, 1.165) is 18.6 Å². The molecule has 1 fully saturated rings. The summed E-state index contributed by atoms with van der Waals surface area (Å²) < 4.78 is 61.2. The summed E-state index contributed by atoms with van der Waals surface area (Å²) in [6.07, 6.45) is -2.61. The van der Waals surface area contributed by atoms with Gasteiger partial charge in [-0.25, -0.2) is 8.42 Å². The average Bonchev–Trinajstić information content (AvgIpc) is 2.61. The van der Waals surface area contributed by atoms with Gasteiger partial charge in [-0.2, -0.15) is 13.2 Å². The number of carbonyl (C=O) groups excluding carboxylic acids is 1. The van der Waals surface area contributed by atoms with Crippen LogP contribution in [0.5, 0.6) is 0 Å². The van der Waals surface area contributed by atoms with Gasteiger partial charge in [-0.15, -0.1) is 0 Å². The molecule has 29 heavy (non-hydrogen) atoms. The number of benzene rings is 2. The van der Waals surface area contributed by atoms with E-state index in [4.69, 9.17) is 23.2 Å². The van der Waals surface area contributed by atoms with Crippen LogP contribution in [0.15, 0.2) is 47.4 Å². The lowest BCUT2D eigenvalue weighted by Gasteiger charge is -2.25. The number of nitrogens with one attached hydrogen (secondary N) is 1. The fourth-order valence-electron chi connectivity index (χ4n) is 2.50. The second-order valence-electron chi connectivity index (χ2n) is 6.33. The van der Waals surface area contributed by atoms with Crippen LogP contribution in [0.3, 0.4) is 0 Å². The van der Waals surface area contributed by atoms with Crippen molar-refractivity contribution >= 4 is 38.9 Å². The Morgan fingerprint density at radius 2 is 1.72 bits per heavy atom. The first-order valence-corrected chi connectivity index (χ1v) is 10.9. The molecule has 3 rings (SSSR count). The quantitative estimate of drug-likeness (QED) is 0.658. The van der Waals surface area contributed by atoms with E-state index in [1.807, 2.05) is 0 Å². The lowest BCUT2D eigenvalue weighted by atomic mass is 10.00.